The van der Waals surface area contributed by atoms with Crippen molar-refractivity contribution in [3.8, 4) is 5.69 Å². The maximum atomic E-state index is 13.8. The number of nitrogens with zero attached hydrogens (tertiary/aromatic N) is 3. The van der Waals surface area contributed by atoms with Gasteiger partial charge in [0.15, 0.2) is 5.69 Å². The molecule has 0 radical (unpaired) electrons. The predicted molar refractivity (Wildman–Crippen MR) is 79.6 cm³/mol. The minimum atomic E-state index is -0.578. The van der Waals surface area contributed by atoms with Crippen molar-refractivity contribution >= 4 is 11.9 Å². The van der Waals surface area contributed by atoms with Crippen molar-refractivity contribution in [1.82, 2.24) is 14.7 Å². The van der Waals surface area contributed by atoms with Gasteiger partial charge >= 0.3 is 5.97 Å². The Balaban J connectivity index is 1.84. The molecule has 1 aromatic carbocycles. The van der Waals surface area contributed by atoms with Gasteiger partial charge in [-0.25, -0.2) is 13.9 Å². The molecule has 0 N–H and O–H groups in total. The molecular weight excluding hydrogens is 301 g/mol. The summed E-state index contributed by atoms with van der Waals surface area (Å²) >= 11 is 0. The van der Waals surface area contributed by atoms with Crippen LogP contribution in [-0.2, 0) is 9.53 Å². The van der Waals surface area contributed by atoms with E-state index in [0.717, 1.165) is 6.42 Å². The summed E-state index contributed by atoms with van der Waals surface area (Å²) < 4.78 is 19.8. The van der Waals surface area contributed by atoms with E-state index >= 15 is 0 Å². The maximum Gasteiger partial charge on any atom is 0.328 e. The molecule has 1 amide bonds. The highest BCUT2D eigenvalue weighted by Crippen LogP contribution is 2.21. The van der Waals surface area contributed by atoms with Crippen molar-refractivity contribution in [2.45, 2.75) is 18.9 Å². The minimum absolute atomic E-state index is 0.170. The van der Waals surface area contributed by atoms with Crippen LogP contribution in [0.25, 0.3) is 5.69 Å². The Morgan fingerprint density at radius 2 is 2.09 bits per heavy atom. The molecule has 1 aromatic heterocycles. The van der Waals surface area contributed by atoms with Crippen molar-refractivity contribution in [2.75, 3.05) is 13.7 Å². The van der Waals surface area contributed by atoms with Crippen molar-refractivity contribution in [1.29, 1.82) is 0 Å². The summed E-state index contributed by atoms with van der Waals surface area (Å²) in [6, 6.07) is 7.11. The first kappa shape index (κ1) is 15.2. The Bertz CT molecular complexity index is 744. The Kier molecular flexibility index (Phi) is 4.10. The van der Waals surface area contributed by atoms with Crippen LogP contribution in [-0.4, -0.2) is 46.3 Å². The number of hydrogen-bond acceptors (Lipinski definition) is 4. The van der Waals surface area contributed by atoms with Crippen LogP contribution in [0.3, 0.4) is 0 Å². The Labute approximate surface area is 132 Å². The third kappa shape index (κ3) is 2.81. The Hall–Kier alpha value is -2.70. The Morgan fingerprint density at radius 3 is 2.83 bits per heavy atom. The fourth-order valence-corrected chi connectivity index (χ4v) is 2.75. The quantitative estimate of drug-likeness (QED) is 0.810. The van der Waals surface area contributed by atoms with Gasteiger partial charge in [0.2, 0.25) is 0 Å². The predicted octanol–water partition coefficient (Wildman–Crippen LogP) is 1.79. The maximum absolute atomic E-state index is 13.8. The number of methoxy groups -OCH3 is 1. The highest BCUT2D eigenvalue weighted by Gasteiger charge is 2.36. The number of likely N-dealkylation sites (tertiary alicyclic amines) is 1. The lowest BCUT2D eigenvalue weighted by molar-refractivity contribution is -0.145. The molecule has 2 heterocycles. The van der Waals surface area contributed by atoms with Gasteiger partial charge in [-0.05, 0) is 31.0 Å². The zero-order valence-corrected chi connectivity index (χ0v) is 12.6. The van der Waals surface area contributed by atoms with E-state index in [1.54, 1.807) is 18.2 Å². The summed E-state index contributed by atoms with van der Waals surface area (Å²) in [6.45, 7) is 0.477. The molecule has 0 unspecified atom stereocenters. The van der Waals surface area contributed by atoms with Crippen LogP contribution < -0.4 is 0 Å². The van der Waals surface area contributed by atoms with E-state index in [1.807, 2.05) is 0 Å². The molecule has 0 saturated carbocycles. The second kappa shape index (κ2) is 6.20. The van der Waals surface area contributed by atoms with Crippen LogP contribution in [0.1, 0.15) is 23.3 Å². The van der Waals surface area contributed by atoms with E-state index in [9.17, 15) is 14.0 Å². The number of para-hydroxylation sites is 1. The average molecular weight is 317 g/mol. The first-order valence-corrected chi connectivity index (χ1v) is 7.31. The van der Waals surface area contributed by atoms with E-state index in [2.05, 4.69) is 5.10 Å². The summed E-state index contributed by atoms with van der Waals surface area (Å²) in [5, 5.41) is 4.14. The fourth-order valence-electron chi connectivity index (χ4n) is 2.75. The van der Waals surface area contributed by atoms with Gasteiger partial charge in [0.25, 0.3) is 5.91 Å². The summed E-state index contributed by atoms with van der Waals surface area (Å²) in [6.07, 6.45) is 2.83. The van der Waals surface area contributed by atoms with Gasteiger partial charge in [0.05, 0.1) is 7.11 Å². The Morgan fingerprint density at radius 1 is 1.30 bits per heavy atom. The van der Waals surface area contributed by atoms with Gasteiger partial charge in [0, 0.05) is 12.7 Å². The lowest BCUT2D eigenvalue weighted by Gasteiger charge is -2.21. The first-order valence-electron chi connectivity index (χ1n) is 7.31. The molecule has 0 bridgehead atoms. The number of hydrogen-bond donors (Lipinski definition) is 0. The van der Waals surface area contributed by atoms with Crippen LogP contribution in [0.2, 0.25) is 0 Å². The van der Waals surface area contributed by atoms with Gasteiger partial charge < -0.3 is 9.64 Å². The van der Waals surface area contributed by atoms with Crippen molar-refractivity contribution in [2.24, 2.45) is 0 Å². The van der Waals surface area contributed by atoms with Gasteiger partial charge in [-0.15, -0.1) is 0 Å². The van der Waals surface area contributed by atoms with Crippen LogP contribution in [0.4, 0.5) is 4.39 Å². The zero-order valence-electron chi connectivity index (χ0n) is 12.6. The van der Waals surface area contributed by atoms with Gasteiger partial charge in [-0.3, -0.25) is 4.79 Å². The van der Waals surface area contributed by atoms with Crippen molar-refractivity contribution < 1.29 is 18.7 Å². The number of aromatic nitrogens is 2. The lowest BCUT2D eigenvalue weighted by atomic mass is 10.2. The first-order chi connectivity index (χ1) is 11.1. The van der Waals surface area contributed by atoms with Gasteiger partial charge in [0.1, 0.15) is 17.5 Å². The third-order valence-corrected chi connectivity index (χ3v) is 3.89. The smallest absolute Gasteiger partial charge is 0.328 e. The topological polar surface area (TPSA) is 64.4 Å². The lowest BCUT2D eigenvalue weighted by Crippen LogP contribution is -2.41. The summed E-state index contributed by atoms with van der Waals surface area (Å²) in [7, 11) is 1.30. The monoisotopic (exact) mass is 317 g/mol. The van der Waals surface area contributed by atoms with Crippen molar-refractivity contribution in [3.63, 3.8) is 0 Å². The molecule has 0 spiro atoms. The molecule has 120 valence electrons. The molecule has 1 saturated heterocycles. The second-order valence-corrected chi connectivity index (χ2v) is 5.28. The largest absolute Gasteiger partial charge is 0.467 e. The zero-order chi connectivity index (χ0) is 16.4. The second-order valence-electron chi connectivity index (χ2n) is 5.28. The molecule has 23 heavy (non-hydrogen) atoms. The number of rotatable bonds is 3. The highest BCUT2D eigenvalue weighted by molar-refractivity contribution is 5.95. The molecule has 1 aliphatic rings. The van der Waals surface area contributed by atoms with Gasteiger partial charge in [-0.2, -0.15) is 5.10 Å². The summed E-state index contributed by atoms with van der Waals surface area (Å²) in [5.41, 5.74) is 0.432. The normalized spacial score (nSPS) is 17.3. The molecular formula is C16H16FN3O3. The van der Waals surface area contributed by atoms with E-state index in [0.29, 0.717) is 13.0 Å². The molecule has 1 aliphatic heterocycles. The number of amides is 1. The average Bonchev–Trinajstić information content (AvgIpc) is 3.23. The van der Waals surface area contributed by atoms with E-state index in [-0.39, 0.29) is 17.3 Å². The summed E-state index contributed by atoms with van der Waals surface area (Å²) in [4.78, 5) is 25.8. The number of benzene rings is 1. The van der Waals surface area contributed by atoms with E-state index < -0.39 is 17.8 Å². The minimum Gasteiger partial charge on any atom is -0.467 e. The molecule has 2 aromatic rings. The van der Waals surface area contributed by atoms with Crippen molar-refractivity contribution in [3.05, 3.63) is 48.0 Å². The molecule has 6 nitrogen and oxygen atoms in total. The van der Waals surface area contributed by atoms with Crippen LogP contribution >= 0.6 is 0 Å². The highest BCUT2D eigenvalue weighted by atomic mass is 19.1. The molecule has 0 aliphatic carbocycles. The number of carbonyl (C=O) groups is 2. The third-order valence-electron chi connectivity index (χ3n) is 3.89. The standard InChI is InChI=1S/C16H16FN3O3/c1-23-16(22)14-7-4-9-19(14)15(21)12-8-10-20(18-12)13-6-3-2-5-11(13)17/h2-3,5-6,8,10,14H,4,7,9H2,1H3/t14-/m0/s1. The van der Waals surface area contributed by atoms with Crippen LogP contribution in [0, 0.1) is 5.82 Å². The van der Waals surface area contributed by atoms with Gasteiger partial charge in [-0.1, -0.05) is 12.1 Å². The fraction of sp³-hybridized carbons (Fsp3) is 0.312. The van der Waals surface area contributed by atoms with Crippen LogP contribution in [0.15, 0.2) is 36.5 Å². The molecule has 1 fully saturated rings. The number of ether oxygens (including phenoxy) is 1. The number of carbonyl (C=O) groups excluding carboxylic acids is 2. The SMILES string of the molecule is COC(=O)[C@@H]1CCCN1C(=O)c1ccn(-c2ccccc2F)n1. The van der Waals surface area contributed by atoms with Crippen LogP contribution in [0.5, 0.6) is 0 Å². The van der Waals surface area contributed by atoms with E-state index in [4.69, 9.17) is 4.74 Å². The summed E-state index contributed by atoms with van der Waals surface area (Å²) in [5.74, 6) is -1.21. The number of halogens is 1. The number of esters is 1. The van der Waals surface area contributed by atoms with E-state index in [1.165, 1.54) is 35.0 Å². The molecule has 7 heteroatoms. The molecule has 1 atom stereocenters. The molecule has 3 rings (SSSR count).